The molecule has 0 saturated carbocycles. The van der Waals surface area contributed by atoms with Gasteiger partial charge in [-0.05, 0) is 85.8 Å². The van der Waals surface area contributed by atoms with Crippen molar-refractivity contribution in [2.75, 3.05) is 5.32 Å². The number of nitrogens with one attached hydrogen (secondary N) is 1. The highest BCUT2D eigenvalue weighted by Gasteiger charge is 2.14. The number of hydrogen-bond donors (Lipinski definition) is 1. The summed E-state index contributed by atoms with van der Waals surface area (Å²) in [6, 6.07) is 22.9. The maximum Gasteiger partial charge on any atom is 0.266 e. The Labute approximate surface area is 192 Å². The summed E-state index contributed by atoms with van der Waals surface area (Å²) in [5.41, 5.74) is 3.44. The number of rotatable bonds is 6. The minimum absolute atomic E-state index is 0.00679. The van der Waals surface area contributed by atoms with Crippen molar-refractivity contribution in [1.82, 2.24) is 0 Å². The highest BCUT2D eigenvalue weighted by atomic mass is 79.9. The third-order valence-electron chi connectivity index (χ3n) is 4.23. The van der Waals surface area contributed by atoms with E-state index in [2.05, 4.69) is 37.2 Å². The molecular formula is C24H18Br2N2O2. The predicted octanol–water partition coefficient (Wildman–Crippen LogP) is 6.64. The van der Waals surface area contributed by atoms with E-state index in [4.69, 9.17) is 4.74 Å². The standard InChI is InChI=1S/C24H18Br2N2O2/c1-16-11-21(25)23(22(26)12-16)28-24(29)19(14-27)13-17-7-9-20(10-8-17)30-15-18-5-3-2-4-6-18/h2-13H,15H2,1H3,(H,28,29)/b19-13+. The fourth-order valence-corrected chi connectivity index (χ4v) is 4.33. The number of carbonyl (C=O) groups is 1. The van der Waals surface area contributed by atoms with Gasteiger partial charge in [-0.1, -0.05) is 42.5 Å². The highest BCUT2D eigenvalue weighted by molar-refractivity contribution is 9.11. The molecule has 1 N–H and O–H groups in total. The molecule has 0 aliphatic rings. The highest BCUT2D eigenvalue weighted by Crippen LogP contribution is 2.32. The molecule has 4 nitrogen and oxygen atoms in total. The summed E-state index contributed by atoms with van der Waals surface area (Å²) in [6.45, 7) is 2.43. The van der Waals surface area contributed by atoms with Crippen LogP contribution in [0, 0.1) is 18.3 Å². The van der Waals surface area contributed by atoms with Gasteiger partial charge >= 0.3 is 0 Å². The molecule has 0 unspecified atom stereocenters. The Morgan fingerprint density at radius 2 is 1.70 bits per heavy atom. The molecule has 0 heterocycles. The van der Waals surface area contributed by atoms with E-state index in [-0.39, 0.29) is 5.57 Å². The second-order valence-electron chi connectivity index (χ2n) is 6.57. The number of hydrogen-bond acceptors (Lipinski definition) is 3. The van der Waals surface area contributed by atoms with Crippen LogP contribution in [0.1, 0.15) is 16.7 Å². The van der Waals surface area contributed by atoms with Crippen LogP contribution in [0.15, 0.2) is 81.2 Å². The van der Waals surface area contributed by atoms with E-state index in [1.807, 2.05) is 79.7 Å². The van der Waals surface area contributed by atoms with Crippen LogP contribution in [0.5, 0.6) is 5.75 Å². The van der Waals surface area contributed by atoms with Gasteiger partial charge in [-0.3, -0.25) is 4.79 Å². The van der Waals surface area contributed by atoms with Crippen LogP contribution in [-0.4, -0.2) is 5.91 Å². The maximum absolute atomic E-state index is 12.6. The van der Waals surface area contributed by atoms with Crippen molar-refractivity contribution in [2.24, 2.45) is 0 Å². The molecule has 0 aliphatic heterocycles. The van der Waals surface area contributed by atoms with Crippen molar-refractivity contribution in [1.29, 1.82) is 5.26 Å². The molecular weight excluding hydrogens is 508 g/mol. The third-order valence-corrected chi connectivity index (χ3v) is 5.48. The summed E-state index contributed by atoms with van der Waals surface area (Å²) >= 11 is 6.89. The fourth-order valence-electron chi connectivity index (χ4n) is 2.72. The largest absolute Gasteiger partial charge is 0.489 e. The molecule has 0 spiro atoms. The monoisotopic (exact) mass is 524 g/mol. The van der Waals surface area contributed by atoms with Crippen LogP contribution >= 0.6 is 31.9 Å². The van der Waals surface area contributed by atoms with E-state index in [0.717, 1.165) is 25.6 Å². The number of anilines is 1. The summed E-state index contributed by atoms with van der Waals surface area (Å²) in [4.78, 5) is 12.6. The molecule has 0 aliphatic carbocycles. The predicted molar refractivity (Wildman–Crippen MR) is 126 cm³/mol. The van der Waals surface area contributed by atoms with Crippen LogP contribution in [0.4, 0.5) is 5.69 Å². The Hall–Kier alpha value is -2.88. The number of carbonyl (C=O) groups excluding carboxylic acids is 1. The number of amides is 1. The lowest BCUT2D eigenvalue weighted by Crippen LogP contribution is -2.14. The quantitative estimate of drug-likeness (QED) is 0.289. The SMILES string of the molecule is Cc1cc(Br)c(NC(=O)/C(C#N)=C/c2ccc(OCc3ccccc3)cc2)c(Br)c1. The van der Waals surface area contributed by atoms with Crippen molar-refractivity contribution in [3.63, 3.8) is 0 Å². The van der Waals surface area contributed by atoms with E-state index in [1.165, 1.54) is 0 Å². The Kier molecular flexibility index (Phi) is 7.45. The van der Waals surface area contributed by atoms with Gasteiger partial charge in [0, 0.05) is 8.95 Å². The zero-order valence-corrected chi connectivity index (χ0v) is 19.3. The van der Waals surface area contributed by atoms with Crippen LogP contribution in [-0.2, 0) is 11.4 Å². The molecule has 0 aromatic heterocycles. The molecule has 3 aromatic carbocycles. The first-order valence-electron chi connectivity index (χ1n) is 9.12. The van der Waals surface area contributed by atoms with Crippen LogP contribution < -0.4 is 10.1 Å². The van der Waals surface area contributed by atoms with Gasteiger partial charge in [-0.15, -0.1) is 0 Å². The lowest BCUT2D eigenvalue weighted by atomic mass is 10.1. The number of nitriles is 1. The average molecular weight is 526 g/mol. The van der Waals surface area contributed by atoms with Gasteiger partial charge in [0.1, 0.15) is 24.0 Å². The van der Waals surface area contributed by atoms with Crippen LogP contribution in [0.25, 0.3) is 6.08 Å². The molecule has 1 amide bonds. The lowest BCUT2D eigenvalue weighted by Gasteiger charge is -2.10. The van der Waals surface area contributed by atoms with Crippen LogP contribution in [0.3, 0.4) is 0 Å². The first-order valence-corrected chi connectivity index (χ1v) is 10.7. The Balaban J connectivity index is 1.69. The van der Waals surface area contributed by atoms with Gasteiger partial charge in [-0.2, -0.15) is 5.26 Å². The summed E-state index contributed by atoms with van der Waals surface area (Å²) in [6.07, 6.45) is 1.55. The second kappa shape index (κ2) is 10.2. The first-order chi connectivity index (χ1) is 14.5. The van der Waals surface area contributed by atoms with E-state index in [9.17, 15) is 10.1 Å². The van der Waals surface area contributed by atoms with Gasteiger partial charge in [0.15, 0.2) is 0 Å². The lowest BCUT2D eigenvalue weighted by molar-refractivity contribution is -0.112. The summed E-state index contributed by atoms with van der Waals surface area (Å²) in [7, 11) is 0. The molecule has 150 valence electrons. The maximum atomic E-state index is 12.6. The van der Waals surface area contributed by atoms with Crippen molar-refractivity contribution < 1.29 is 9.53 Å². The van der Waals surface area contributed by atoms with Crippen molar-refractivity contribution in [2.45, 2.75) is 13.5 Å². The molecule has 0 bridgehead atoms. The molecule has 3 rings (SSSR count). The number of halogens is 2. The number of ether oxygens (including phenoxy) is 1. The third kappa shape index (κ3) is 5.82. The van der Waals surface area contributed by atoms with Crippen LogP contribution in [0.2, 0.25) is 0 Å². The van der Waals surface area contributed by atoms with E-state index in [1.54, 1.807) is 6.08 Å². The second-order valence-corrected chi connectivity index (χ2v) is 8.28. The van der Waals surface area contributed by atoms with Gasteiger partial charge in [-0.25, -0.2) is 0 Å². The van der Waals surface area contributed by atoms with Gasteiger partial charge < -0.3 is 10.1 Å². The van der Waals surface area contributed by atoms with Gasteiger partial charge in [0.2, 0.25) is 0 Å². The zero-order chi connectivity index (χ0) is 21.5. The van der Waals surface area contributed by atoms with Gasteiger partial charge in [0.05, 0.1) is 5.69 Å². The Morgan fingerprint density at radius 3 is 2.30 bits per heavy atom. The van der Waals surface area contributed by atoms with Crippen molar-refractivity contribution >= 4 is 49.5 Å². The molecule has 3 aromatic rings. The molecule has 0 saturated heterocycles. The fraction of sp³-hybridized carbons (Fsp3) is 0.0833. The minimum atomic E-state index is -0.479. The van der Waals surface area contributed by atoms with Gasteiger partial charge in [0.25, 0.3) is 5.91 Å². The molecule has 6 heteroatoms. The van der Waals surface area contributed by atoms with E-state index >= 15 is 0 Å². The molecule has 0 fully saturated rings. The molecule has 0 atom stereocenters. The van der Waals surface area contributed by atoms with Crippen molar-refractivity contribution in [3.05, 3.63) is 97.9 Å². The Bertz CT molecular complexity index is 1100. The normalized spacial score (nSPS) is 10.9. The zero-order valence-electron chi connectivity index (χ0n) is 16.2. The molecule has 0 radical (unpaired) electrons. The van der Waals surface area contributed by atoms with Crippen molar-refractivity contribution in [3.8, 4) is 11.8 Å². The smallest absolute Gasteiger partial charge is 0.266 e. The molecule has 30 heavy (non-hydrogen) atoms. The average Bonchev–Trinajstić information content (AvgIpc) is 2.74. The first kappa shape index (κ1) is 21.8. The van der Waals surface area contributed by atoms with E-state index < -0.39 is 5.91 Å². The minimum Gasteiger partial charge on any atom is -0.489 e. The number of aryl methyl sites for hydroxylation is 1. The number of benzene rings is 3. The summed E-state index contributed by atoms with van der Waals surface area (Å²) < 4.78 is 7.24. The Morgan fingerprint density at radius 1 is 1.07 bits per heavy atom. The summed E-state index contributed by atoms with van der Waals surface area (Å²) in [5.74, 6) is 0.235. The topological polar surface area (TPSA) is 62.1 Å². The van der Waals surface area contributed by atoms with E-state index in [0.29, 0.717) is 18.0 Å². The number of nitrogens with zero attached hydrogens (tertiary/aromatic N) is 1. The summed E-state index contributed by atoms with van der Waals surface area (Å²) in [5, 5.41) is 12.2.